The number of aliphatic hydroxyl groups is 2. The van der Waals surface area contributed by atoms with E-state index >= 15 is 0 Å². The second kappa shape index (κ2) is 4.79. The number of carbonyl (C=O) groups excluding carboxylic acids is 2. The third kappa shape index (κ3) is 1.71. The number of rotatable bonds is 1. The highest BCUT2D eigenvalue weighted by Gasteiger charge is 2.69. The predicted molar refractivity (Wildman–Crippen MR) is 89.1 cm³/mol. The summed E-state index contributed by atoms with van der Waals surface area (Å²) in [4.78, 5) is 25.5. The number of Topliss-reactive ketones (excluding diaryl/α,β-unsaturated/α-hetero) is 2. The normalized spacial score (nSPS) is 53.8. The van der Waals surface area contributed by atoms with Crippen molar-refractivity contribution in [3.8, 4) is 0 Å². The maximum Gasteiger partial charge on any atom is 0.162 e. The molecule has 7 atom stereocenters. The van der Waals surface area contributed by atoms with Gasteiger partial charge in [-0.3, -0.25) is 9.59 Å². The molecular weight excluding hydrogens is 304 g/mol. The molecule has 0 amide bonds. The van der Waals surface area contributed by atoms with E-state index < -0.39 is 11.5 Å². The molecule has 2 N–H and O–H groups in total. The van der Waals surface area contributed by atoms with Crippen LogP contribution in [-0.4, -0.2) is 34.5 Å². The van der Waals surface area contributed by atoms with E-state index in [1.807, 2.05) is 6.92 Å². The molecule has 5 aliphatic carbocycles. The molecule has 0 aliphatic heterocycles. The highest BCUT2D eigenvalue weighted by atomic mass is 16.3. The zero-order valence-corrected chi connectivity index (χ0v) is 14.7. The highest BCUT2D eigenvalue weighted by molar-refractivity contribution is 5.90. The molecule has 0 aromatic carbocycles. The first-order valence-corrected chi connectivity index (χ1v) is 9.21. The minimum Gasteiger partial charge on any atom is -0.396 e. The summed E-state index contributed by atoms with van der Waals surface area (Å²) in [6, 6.07) is 0. The standard InChI is InChI=1S/C20H28O4/c1-11-8-20-5-4-14-18(2,15(20)6-12(11)7-16(20)23)9-13(22)17(24)19(14,3)10-21/h12,14-15,17,21,24H,1,4-10H2,2-3H3/t12-,14+,15+,17-,18-,19+,20+/m0/s1. The van der Waals surface area contributed by atoms with Gasteiger partial charge in [-0.05, 0) is 48.9 Å². The molecule has 132 valence electrons. The molecule has 0 unspecified atom stereocenters. The Morgan fingerprint density at radius 2 is 1.92 bits per heavy atom. The molecule has 5 fully saturated rings. The Morgan fingerprint density at radius 1 is 1.21 bits per heavy atom. The van der Waals surface area contributed by atoms with Crippen LogP contribution >= 0.6 is 0 Å². The predicted octanol–water partition coefficient (Wildman–Crippen LogP) is 2.28. The number of allylic oxidation sites excluding steroid dienone is 1. The van der Waals surface area contributed by atoms with Crippen LogP contribution in [-0.2, 0) is 9.59 Å². The fraction of sp³-hybridized carbons (Fsp3) is 0.800. The van der Waals surface area contributed by atoms with Gasteiger partial charge in [0.1, 0.15) is 11.9 Å². The Bertz CT molecular complexity index is 640. The molecule has 1 spiro atoms. The van der Waals surface area contributed by atoms with Gasteiger partial charge in [-0.2, -0.15) is 0 Å². The molecule has 0 saturated heterocycles. The average Bonchev–Trinajstić information content (AvgIpc) is 2.53. The maximum atomic E-state index is 12.9. The van der Waals surface area contributed by atoms with Crippen LogP contribution in [0.4, 0.5) is 0 Å². The summed E-state index contributed by atoms with van der Waals surface area (Å²) < 4.78 is 0. The zero-order valence-electron chi connectivity index (χ0n) is 14.7. The zero-order chi connectivity index (χ0) is 17.5. The van der Waals surface area contributed by atoms with E-state index in [2.05, 4.69) is 13.5 Å². The fourth-order valence-corrected chi connectivity index (χ4v) is 7.13. The van der Waals surface area contributed by atoms with Gasteiger partial charge in [-0.25, -0.2) is 0 Å². The largest absolute Gasteiger partial charge is 0.396 e. The van der Waals surface area contributed by atoms with E-state index in [-0.39, 0.29) is 41.0 Å². The maximum absolute atomic E-state index is 12.9. The smallest absolute Gasteiger partial charge is 0.162 e. The van der Waals surface area contributed by atoms with E-state index in [4.69, 9.17) is 0 Å². The molecule has 0 aromatic rings. The first-order valence-electron chi connectivity index (χ1n) is 9.21. The van der Waals surface area contributed by atoms with Gasteiger partial charge in [0.25, 0.3) is 0 Å². The lowest BCUT2D eigenvalue weighted by Gasteiger charge is -2.67. The summed E-state index contributed by atoms with van der Waals surface area (Å²) >= 11 is 0. The third-order valence-corrected chi connectivity index (χ3v) is 8.39. The van der Waals surface area contributed by atoms with E-state index in [1.54, 1.807) is 0 Å². The summed E-state index contributed by atoms with van der Waals surface area (Å²) in [5.74, 6) is 0.680. The van der Waals surface area contributed by atoms with Gasteiger partial charge in [0.05, 0.1) is 6.61 Å². The lowest BCUT2D eigenvalue weighted by atomic mass is 9.36. The number of ketones is 2. The van der Waals surface area contributed by atoms with Crippen LogP contribution in [0.5, 0.6) is 0 Å². The second-order valence-corrected chi connectivity index (χ2v) is 9.41. The van der Waals surface area contributed by atoms with Crippen molar-refractivity contribution < 1.29 is 19.8 Å². The Labute approximate surface area is 143 Å². The van der Waals surface area contributed by atoms with Crippen molar-refractivity contribution in [3.05, 3.63) is 12.2 Å². The van der Waals surface area contributed by atoms with E-state index in [0.717, 1.165) is 25.7 Å². The van der Waals surface area contributed by atoms with Gasteiger partial charge < -0.3 is 10.2 Å². The Hall–Kier alpha value is -1.00. The summed E-state index contributed by atoms with van der Waals surface area (Å²) in [6.07, 6.45) is 3.15. The van der Waals surface area contributed by atoms with E-state index in [1.165, 1.54) is 5.57 Å². The van der Waals surface area contributed by atoms with Crippen molar-refractivity contribution in [3.63, 3.8) is 0 Å². The minimum atomic E-state index is -1.10. The Morgan fingerprint density at radius 3 is 2.58 bits per heavy atom. The molecule has 4 heteroatoms. The SMILES string of the molecule is C=C1C[C@]23CC[C@@H]4[C@](C)(CC(=O)[C@H](O)[C@]4(C)CO)[C@H]2C[C@H]1CC3=O. The van der Waals surface area contributed by atoms with Gasteiger partial charge >= 0.3 is 0 Å². The molecule has 24 heavy (non-hydrogen) atoms. The molecular formula is C20H28O4. The molecule has 5 rings (SSSR count). The third-order valence-electron chi connectivity index (χ3n) is 8.39. The minimum absolute atomic E-state index is 0.0683. The first-order chi connectivity index (χ1) is 11.2. The monoisotopic (exact) mass is 332 g/mol. The molecule has 5 saturated carbocycles. The summed E-state index contributed by atoms with van der Waals surface area (Å²) in [5, 5.41) is 20.5. The van der Waals surface area contributed by atoms with Crippen molar-refractivity contribution in [1.82, 2.24) is 0 Å². The van der Waals surface area contributed by atoms with Gasteiger partial charge in [-0.1, -0.05) is 26.0 Å². The van der Waals surface area contributed by atoms with Gasteiger partial charge in [0.15, 0.2) is 5.78 Å². The van der Waals surface area contributed by atoms with Crippen LogP contribution in [0.2, 0.25) is 0 Å². The number of hydrogen-bond acceptors (Lipinski definition) is 4. The summed E-state index contributed by atoms with van der Waals surface area (Å²) in [7, 11) is 0. The van der Waals surface area contributed by atoms with Gasteiger partial charge in [-0.15, -0.1) is 0 Å². The Kier molecular flexibility index (Phi) is 3.29. The molecule has 0 radical (unpaired) electrons. The number of aliphatic hydroxyl groups excluding tert-OH is 2. The molecule has 2 bridgehead atoms. The molecule has 0 heterocycles. The molecule has 0 aromatic heterocycles. The van der Waals surface area contributed by atoms with E-state index in [0.29, 0.717) is 18.6 Å². The number of hydrogen-bond donors (Lipinski definition) is 2. The van der Waals surface area contributed by atoms with Crippen LogP contribution in [0, 0.1) is 34.0 Å². The Balaban J connectivity index is 1.82. The van der Waals surface area contributed by atoms with E-state index in [9.17, 15) is 19.8 Å². The first kappa shape index (κ1) is 16.5. The van der Waals surface area contributed by atoms with Crippen LogP contribution in [0.15, 0.2) is 12.2 Å². The van der Waals surface area contributed by atoms with Crippen molar-refractivity contribution >= 4 is 11.6 Å². The number of fused-ring (bicyclic) bond motifs is 3. The lowest BCUT2D eigenvalue weighted by Crippen LogP contribution is -2.67. The highest BCUT2D eigenvalue weighted by Crippen LogP contribution is 2.70. The summed E-state index contributed by atoms with van der Waals surface area (Å²) in [6.45, 7) is 8.01. The van der Waals surface area contributed by atoms with Crippen molar-refractivity contribution in [1.29, 1.82) is 0 Å². The van der Waals surface area contributed by atoms with Crippen LogP contribution in [0.3, 0.4) is 0 Å². The molecule has 5 aliphatic rings. The van der Waals surface area contributed by atoms with Crippen LogP contribution < -0.4 is 0 Å². The lowest BCUT2D eigenvalue weighted by molar-refractivity contribution is -0.206. The topological polar surface area (TPSA) is 74.6 Å². The van der Waals surface area contributed by atoms with Gasteiger partial charge in [0, 0.05) is 23.7 Å². The van der Waals surface area contributed by atoms with Crippen molar-refractivity contribution in [2.75, 3.05) is 6.61 Å². The summed E-state index contributed by atoms with van der Waals surface area (Å²) in [5.41, 5.74) is -0.264. The fourth-order valence-electron chi connectivity index (χ4n) is 7.13. The van der Waals surface area contributed by atoms with Crippen LogP contribution in [0.1, 0.15) is 52.4 Å². The quantitative estimate of drug-likeness (QED) is 0.723. The van der Waals surface area contributed by atoms with Crippen molar-refractivity contribution in [2.45, 2.75) is 58.5 Å². The number of carbonyl (C=O) groups is 2. The van der Waals surface area contributed by atoms with Gasteiger partial charge in [0.2, 0.25) is 0 Å². The van der Waals surface area contributed by atoms with Crippen molar-refractivity contribution in [2.24, 2.45) is 34.0 Å². The molecule has 4 nitrogen and oxygen atoms in total. The average molecular weight is 332 g/mol. The van der Waals surface area contributed by atoms with Crippen LogP contribution in [0.25, 0.3) is 0 Å². The second-order valence-electron chi connectivity index (χ2n) is 9.41.